The van der Waals surface area contributed by atoms with Crippen LogP contribution < -0.4 is 0 Å². The van der Waals surface area contributed by atoms with Gasteiger partial charge in [0, 0.05) is 19.4 Å². The lowest BCUT2D eigenvalue weighted by atomic mass is 10.1. The summed E-state index contributed by atoms with van der Waals surface area (Å²) in [5, 5.41) is 0. The van der Waals surface area contributed by atoms with Gasteiger partial charge in [-0.15, -0.1) is 0 Å². The van der Waals surface area contributed by atoms with Crippen molar-refractivity contribution in [3.8, 4) is 0 Å². The van der Waals surface area contributed by atoms with Crippen LogP contribution in [-0.4, -0.2) is 36.8 Å². The molecule has 5 rings (SSSR count). The molecular formula is C31H31N2O3P. The van der Waals surface area contributed by atoms with Crippen LogP contribution in [0, 0.1) is 0 Å². The van der Waals surface area contributed by atoms with Crippen molar-refractivity contribution in [2.45, 2.75) is 31.7 Å². The molecule has 1 atom stereocenters. The third-order valence-electron chi connectivity index (χ3n) is 6.79. The summed E-state index contributed by atoms with van der Waals surface area (Å²) in [6, 6.07) is 38.7. The van der Waals surface area contributed by atoms with E-state index in [2.05, 4.69) is 0 Å². The lowest BCUT2D eigenvalue weighted by Crippen LogP contribution is -2.56. The highest BCUT2D eigenvalue weighted by atomic mass is 31.2. The number of carbonyl (C=O) groups is 1. The molecule has 0 fully saturated rings. The van der Waals surface area contributed by atoms with Crippen molar-refractivity contribution in [2.75, 3.05) is 0 Å². The first-order chi connectivity index (χ1) is 18.0. The largest absolute Gasteiger partial charge is 0.350 e. The standard InChI is InChI=1S/C31H31N2O3P/c34-31-32(23-27-17-9-3-10-18-27)29(21-25-13-5-1-6-14-25)37(35,36)30(22-26-15-7-2-8-16-26)33(31)24-28-19-11-4-12-20-28/h1-20,29,35-36H,21-24H2. The van der Waals surface area contributed by atoms with Crippen LogP contribution in [-0.2, 0) is 25.9 Å². The van der Waals surface area contributed by atoms with E-state index in [1.807, 2.05) is 121 Å². The molecule has 4 aromatic rings. The number of benzene rings is 4. The predicted molar refractivity (Wildman–Crippen MR) is 150 cm³/mol. The zero-order chi connectivity index (χ0) is 25.7. The summed E-state index contributed by atoms with van der Waals surface area (Å²) in [6.45, 7) is 0.567. The minimum Gasteiger partial charge on any atom is -0.350 e. The second kappa shape index (κ2) is 11.2. The molecule has 1 unspecified atom stereocenters. The monoisotopic (exact) mass is 510 g/mol. The minimum atomic E-state index is -3.76. The first-order valence-corrected chi connectivity index (χ1v) is 14.2. The van der Waals surface area contributed by atoms with Crippen molar-refractivity contribution in [3.05, 3.63) is 144 Å². The molecule has 0 bridgehead atoms. The number of amides is 2. The Morgan fingerprint density at radius 1 is 0.595 bits per heavy atom. The van der Waals surface area contributed by atoms with E-state index in [1.165, 1.54) is 0 Å². The first kappa shape index (κ1) is 25.0. The molecule has 1 aliphatic rings. The molecule has 4 aromatic carbocycles. The number of nitrogens with zero attached hydrogens (tertiary/aromatic N) is 2. The van der Waals surface area contributed by atoms with Crippen LogP contribution in [0.25, 0.3) is 0 Å². The highest BCUT2D eigenvalue weighted by Gasteiger charge is 2.45. The topological polar surface area (TPSA) is 64.0 Å². The van der Waals surface area contributed by atoms with Gasteiger partial charge in [0.25, 0.3) is 0 Å². The smallest absolute Gasteiger partial charge is 0.325 e. The molecule has 0 aliphatic carbocycles. The third-order valence-corrected chi connectivity index (χ3v) is 9.24. The van der Waals surface area contributed by atoms with E-state index in [0.29, 0.717) is 24.8 Å². The van der Waals surface area contributed by atoms with Crippen LogP contribution in [0.15, 0.2) is 121 Å². The molecule has 37 heavy (non-hydrogen) atoms. The Bertz CT molecular complexity index is 1370. The molecule has 2 amide bonds. The fourth-order valence-corrected chi connectivity index (χ4v) is 7.17. The molecule has 5 nitrogen and oxygen atoms in total. The number of urea groups is 1. The van der Waals surface area contributed by atoms with E-state index in [9.17, 15) is 14.6 Å². The zero-order valence-electron chi connectivity index (χ0n) is 20.6. The molecule has 2 N–H and O–H groups in total. The van der Waals surface area contributed by atoms with Crippen molar-refractivity contribution < 1.29 is 14.6 Å². The first-order valence-electron chi connectivity index (χ1n) is 12.5. The third kappa shape index (κ3) is 5.70. The lowest BCUT2D eigenvalue weighted by molar-refractivity contribution is 0.154. The molecule has 0 radical (unpaired) electrons. The normalized spacial score (nSPS) is 17.2. The van der Waals surface area contributed by atoms with Gasteiger partial charge in [-0.3, -0.25) is 4.90 Å². The summed E-state index contributed by atoms with van der Waals surface area (Å²) in [4.78, 5) is 41.6. The Morgan fingerprint density at radius 3 is 1.54 bits per heavy atom. The molecule has 0 aromatic heterocycles. The molecule has 1 heterocycles. The van der Waals surface area contributed by atoms with E-state index in [-0.39, 0.29) is 12.6 Å². The maximum Gasteiger partial charge on any atom is 0.325 e. The van der Waals surface area contributed by atoms with Crippen molar-refractivity contribution in [2.24, 2.45) is 0 Å². The number of rotatable bonds is 8. The van der Waals surface area contributed by atoms with Gasteiger partial charge >= 0.3 is 6.03 Å². The highest BCUT2D eigenvalue weighted by Crippen LogP contribution is 2.53. The Balaban J connectivity index is 1.63. The van der Waals surface area contributed by atoms with Gasteiger partial charge in [0.1, 0.15) is 5.78 Å². The average Bonchev–Trinajstić information content (AvgIpc) is 2.93. The van der Waals surface area contributed by atoms with Gasteiger partial charge in [-0.05, 0) is 22.3 Å². The van der Waals surface area contributed by atoms with Crippen LogP contribution in [0.1, 0.15) is 22.3 Å². The number of hydrogen-bond donors (Lipinski definition) is 2. The van der Waals surface area contributed by atoms with Crippen molar-refractivity contribution in [1.29, 1.82) is 0 Å². The van der Waals surface area contributed by atoms with Crippen LogP contribution in [0.4, 0.5) is 4.79 Å². The molecule has 0 spiro atoms. The molecule has 0 saturated carbocycles. The van der Waals surface area contributed by atoms with Crippen molar-refractivity contribution in [1.82, 2.24) is 9.80 Å². The van der Waals surface area contributed by atoms with E-state index in [4.69, 9.17) is 0 Å². The summed E-state index contributed by atoms with van der Waals surface area (Å²) < 4.78 is 0. The summed E-state index contributed by atoms with van der Waals surface area (Å²) in [5.41, 5.74) is 4.17. The SMILES string of the molecule is O=C1N(Cc2ccccc2)C(Cc2ccccc2)=P(O)(O)C(Cc2ccccc2)N1Cc1ccccc1. The Morgan fingerprint density at radius 2 is 1.03 bits per heavy atom. The van der Waals surface area contributed by atoms with Crippen LogP contribution >= 0.6 is 7.34 Å². The van der Waals surface area contributed by atoms with Gasteiger partial charge in [0.2, 0.25) is 0 Å². The van der Waals surface area contributed by atoms with Gasteiger partial charge in [-0.1, -0.05) is 121 Å². The summed E-state index contributed by atoms with van der Waals surface area (Å²) in [6.07, 6.45) is 0.655. The van der Waals surface area contributed by atoms with E-state index in [0.717, 1.165) is 22.3 Å². The van der Waals surface area contributed by atoms with Gasteiger partial charge in [0.05, 0.1) is 12.0 Å². The molecular weight excluding hydrogens is 479 g/mol. The summed E-state index contributed by atoms with van der Waals surface area (Å²) in [7, 11) is -3.76. The fourth-order valence-electron chi connectivity index (χ4n) is 4.87. The second-order valence-electron chi connectivity index (χ2n) is 9.37. The maximum atomic E-state index is 14.2. The zero-order valence-corrected chi connectivity index (χ0v) is 21.5. The molecule has 188 valence electrons. The van der Waals surface area contributed by atoms with E-state index < -0.39 is 13.1 Å². The maximum absolute atomic E-state index is 14.2. The van der Waals surface area contributed by atoms with Crippen LogP contribution in [0.5, 0.6) is 0 Å². The Hall–Kier alpha value is -3.63. The van der Waals surface area contributed by atoms with Crippen molar-refractivity contribution >= 4 is 18.8 Å². The van der Waals surface area contributed by atoms with Crippen LogP contribution in [0.2, 0.25) is 0 Å². The van der Waals surface area contributed by atoms with Gasteiger partial charge in [-0.25, -0.2) is 4.79 Å². The Labute approximate surface area is 218 Å². The number of hydrogen-bond acceptors (Lipinski definition) is 3. The molecule has 1 aliphatic heterocycles. The summed E-state index contributed by atoms with van der Waals surface area (Å²) in [5.74, 6) is -0.756. The number of carbonyl (C=O) groups excluding carboxylic acids is 1. The van der Waals surface area contributed by atoms with E-state index >= 15 is 0 Å². The molecule has 6 heteroatoms. The highest BCUT2D eigenvalue weighted by molar-refractivity contribution is 7.66. The quantitative estimate of drug-likeness (QED) is 0.290. The van der Waals surface area contributed by atoms with E-state index in [1.54, 1.807) is 9.80 Å². The average molecular weight is 511 g/mol. The Kier molecular flexibility index (Phi) is 7.57. The lowest BCUT2D eigenvalue weighted by Gasteiger charge is -2.46. The van der Waals surface area contributed by atoms with Gasteiger partial charge in [-0.2, -0.15) is 0 Å². The van der Waals surface area contributed by atoms with Gasteiger partial charge in [0.15, 0.2) is 7.34 Å². The van der Waals surface area contributed by atoms with Crippen LogP contribution in [0.3, 0.4) is 0 Å². The minimum absolute atomic E-state index is 0.210. The van der Waals surface area contributed by atoms with Gasteiger partial charge < -0.3 is 14.7 Å². The second-order valence-corrected chi connectivity index (χ2v) is 11.8. The van der Waals surface area contributed by atoms with Crippen molar-refractivity contribution in [3.63, 3.8) is 0 Å². The molecule has 0 saturated heterocycles. The fraction of sp³-hybridized carbons (Fsp3) is 0.161. The summed E-state index contributed by atoms with van der Waals surface area (Å²) >= 11 is 0. The predicted octanol–water partition coefficient (Wildman–Crippen LogP) is 5.90.